The summed E-state index contributed by atoms with van der Waals surface area (Å²) in [5.41, 5.74) is 2.28. The van der Waals surface area contributed by atoms with Gasteiger partial charge in [-0.15, -0.1) is 11.3 Å². The molecule has 1 aromatic heterocycles. The zero-order valence-corrected chi connectivity index (χ0v) is 12.1. The van der Waals surface area contributed by atoms with Crippen LogP contribution in [0, 0.1) is 0 Å². The Morgan fingerprint density at radius 2 is 2.50 bits per heavy atom. The van der Waals surface area contributed by atoms with Crippen LogP contribution in [-0.4, -0.2) is 41.9 Å². The molecule has 1 aliphatic heterocycles. The Labute approximate surface area is 115 Å². The number of hydrogen-bond donors (Lipinski definition) is 0. The summed E-state index contributed by atoms with van der Waals surface area (Å²) < 4.78 is 5.64. The maximum absolute atomic E-state index is 11.3. The molecule has 2 heterocycles. The number of nitrogens with zero attached hydrogens (tertiary/aromatic N) is 2. The van der Waals surface area contributed by atoms with Crippen molar-refractivity contribution in [2.75, 3.05) is 26.7 Å². The van der Waals surface area contributed by atoms with Crippen molar-refractivity contribution >= 4 is 34.0 Å². The van der Waals surface area contributed by atoms with Gasteiger partial charge in [0.05, 0.1) is 12.3 Å². The lowest BCUT2D eigenvalue weighted by Gasteiger charge is -2.20. The predicted molar refractivity (Wildman–Crippen MR) is 75.1 cm³/mol. The molecular weight excluding hydrogens is 268 g/mol. The molecule has 98 valence electrons. The third kappa shape index (κ3) is 3.57. The van der Waals surface area contributed by atoms with Crippen LogP contribution >= 0.6 is 23.1 Å². The van der Waals surface area contributed by atoms with Crippen molar-refractivity contribution in [2.24, 2.45) is 0 Å². The van der Waals surface area contributed by atoms with E-state index in [9.17, 15) is 4.79 Å². The van der Waals surface area contributed by atoms with Gasteiger partial charge in [0, 0.05) is 30.2 Å². The van der Waals surface area contributed by atoms with Crippen LogP contribution in [0.1, 0.15) is 19.0 Å². The van der Waals surface area contributed by atoms with Crippen molar-refractivity contribution in [3.8, 4) is 0 Å². The minimum Gasteiger partial charge on any atom is -0.458 e. The molecule has 18 heavy (non-hydrogen) atoms. The van der Waals surface area contributed by atoms with E-state index in [4.69, 9.17) is 4.74 Å². The van der Waals surface area contributed by atoms with E-state index >= 15 is 0 Å². The third-order valence-electron chi connectivity index (χ3n) is 2.66. The second-order valence-corrected chi connectivity index (χ2v) is 6.07. The molecule has 0 radical (unpaired) electrons. The Hall–Kier alpha value is -0.850. The molecule has 0 N–H and O–H groups in total. The van der Waals surface area contributed by atoms with Crippen molar-refractivity contribution < 1.29 is 9.53 Å². The summed E-state index contributed by atoms with van der Waals surface area (Å²) in [5.74, 6) is 0. The lowest BCUT2D eigenvalue weighted by molar-refractivity contribution is 0.181. The molecule has 0 fully saturated rings. The standard InChI is InChI=1S/C12H16N2O2S2/c1-3-16-12(15)18-11-13-10(8-17-11)9-4-6-14(2)7-5-9/h4,8H,3,5-7H2,1-2H3. The van der Waals surface area contributed by atoms with Gasteiger partial charge < -0.3 is 9.64 Å². The highest BCUT2D eigenvalue weighted by atomic mass is 32.2. The summed E-state index contributed by atoms with van der Waals surface area (Å²) in [4.78, 5) is 18.1. The Morgan fingerprint density at radius 3 is 3.17 bits per heavy atom. The van der Waals surface area contributed by atoms with E-state index in [0.717, 1.165) is 41.3 Å². The SMILES string of the molecule is CCOC(=O)Sc1nc(C2=CCN(C)CC2)cs1. The molecule has 0 atom stereocenters. The van der Waals surface area contributed by atoms with Crippen molar-refractivity contribution in [3.05, 3.63) is 17.2 Å². The molecule has 4 nitrogen and oxygen atoms in total. The summed E-state index contributed by atoms with van der Waals surface area (Å²) >= 11 is 2.56. The molecule has 0 unspecified atom stereocenters. The van der Waals surface area contributed by atoms with Gasteiger partial charge in [-0.1, -0.05) is 6.08 Å². The molecule has 0 aliphatic carbocycles. The van der Waals surface area contributed by atoms with Crippen molar-refractivity contribution in [1.82, 2.24) is 9.88 Å². The van der Waals surface area contributed by atoms with Gasteiger partial charge in [0.15, 0.2) is 4.34 Å². The van der Waals surface area contributed by atoms with Crippen LogP contribution in [0.5, 0.6) is 0 Å². The van der Waals surface area contributed by atoms with Gasteiger partial charge >= 0.3 is 5.30 Å². The average molecular weight is 284 g/mol. The highest BCUT2D eigenvalue weighted by molar-refractivity contribution is 8.14. The first-order valence-corrected chi connectivity index (χ1v) is 7.56. The van der Waals surface area contributed by atoms with Gasteiger partial charge in [-0.25, -0.2) is 9.78 Å². The second kappa shape index (κ2) is 6.36. The van der Waals surface area contributed by atoms with Gasteiger partial charge in [0.25, 0.3) is 0 Å². The maximum atomic E-state index is 11.3. The first-order valence-electron chi connectivity index (χ1n) is 5.87. The van der Waals surface area contributed by atoms with Gasteiger partial charge in [-0.2, -0.15) is 0 Å². The van der Waals surface area contributed by atoms with Crippen LogP contribution in [0.15, 0.2) is 15.8 Å². The maximum Gasteiger partial charge on any atom is 0.374 e. The largest absolute Gasteiger partial charge is 0.458 e. The topological polar surface area (TPSA) is 42.4 Å². The van der Waals surface area contributed by atoms with Gasteiger partial charge in [-0.05, 0) is 26.0 Å². The summed E-state index contributed by atoms with van der Waals surface area (Å²) in [6.07, 6.45) is 3.22. The van der Waals surface area contributed by atoms with Crippen LogP contribution in [0.2, 0.25) is 0 Å². The molecule has 0 saturated carbocycles. The third-order valence-corrected chi connectivity index (χ3v) is 4.38. The van der Waals surface area contributed by atoms with E-state index in [0.29, 0.717) is 6.61 Å². The Bertz CT molecular complexity index is 457. The van der Waals surface area contributed by atoms with Crippen LogP contribution in [0.4, 0.5) is 4.79 Å². The molecule has 0 bridgehead atoms. The second-order valence-electron chi connectivity index (χ2n) is 4.03. The highest BCUT2D eigenvalue weighted by Crippen LogP contribution is 2.29. The number of carbonyl (C=O) groups is 1. The normalized spacial score (nSPS) is 16.4. The van der Waals surface area contributed by atoms with E-state index in [1.165, 1.54) is 16.9 Å². The average Bonchev–Trinajstić information content (AvgIpc) is 2.78. The van der Waals surface area contributed by atoms with Crippen molar-refractivity contribution in [1.29, 1.82) is 0 Å². The van der Waals surface area contributed by atoms with E-state index in [2.05, 4.69) is 23.0 Å². The van der Waals surface area contributed by atoms with Crippen molar-refractivity contribution in [3.63, 3.8) is 0 Å². The zero-order valence-electron chi connectivity index (χ0n) is 10.5. The van der Waals surface area contributed by atoms with Gasteiger partial charge in [0.1, 0.15) is 0 Å². The molecule has 0 spiro atoms. The Morgan fingerprint density at radius 1 is 1.67 bits per heavy atom. The fourth-order valence-electron chi connectivity index (χ4n) is 1.67. The number of hydrogen-bond acceptors (Lipinski definition) is 6. The first-order chi connectivity index (χ1) is 8.69. The number of thiazole rings is 1. The highest BCUT2D eigenvalue weighted by Gasteiger charge is 2.14. The van der Waals surface area contributed by atoms with Gasteiger partial charge in [0.2, 0.25) is 0 Å². The first kappa shape index (κ1) is 13.6. The van der Waals surface area contributed by atoms with Crippen LogP contribution in [0.3, 0.4) is 0 Å². The van der Waals surface area contributed by atoms with E-state index < -0.39 is 0 Å². The summed E-state index contributed by atoms with van der Waals surface area (Å²) in [6, 6.07) is 0. The minimum absolute atomic E-state index is 0.282. The molecule has 6 heteroatoms. The molecule has 0 aromatic carbocycles. The molecule has 1 aromatic rings. The molecular formula is C12H16N2O2S2. The lowest BCUT2D eigenvalue weighted by Crippen LogP contribution is -2.23. The van der Waals surface area contributed by atoms with Crippen molar-refractivity contribution in [2.45, 2.75) is 17.7 Å². The van der Waals surface area contributed by atoms with E-state index in [-0.39, 0.29) is 5.30 Å². The smallest absolute Gasteiger partial charge is 0.374 e. The number of aromatic nitrogens is 1. The quantitative estimate of drug-likeness (QED) is 0.630. The summed E-state index contributed by atoms with van der Waals surface area (Å²) in [6.45, 7) is 4.23. The molecule has 2 rings (SSSR count). The fourth-order valence-corrected chi connectivity index (χ4v) is 3.25. The monoisotopic (exact) mass is 284 g/mol. The predicted octanol–water partition coefficient (Wildman–Crippen LogP) is 3.11. The summed E-state index contributed by atoms with van der Waals surface area (Å²) in [5, 5.41) is 1.73. The summed E-state index contributed by atoms with van der Waals surface area (Å²) in [7, 11) is 2.11. The number of rotatable bonds is 3. The number of likely N-dealkylation sites (N-methyl/N-ethyl adjacent to an activating group) is 1. The molecule has 0 amide bonds. The minimum atomic E-state index is -0.282. The van der Waals surface area contributed by atoms with E-state index in [1.807, 2.05) is 5.38 Å². The van der Waals surface area contributed by atoms with Gasteiger partial charge in [-0.3, -0.25) is 0 Å². The van der Waals surface area contributed by atoms with E-state index in [1.54, 1.807) is 6.92 Å². The Balaban J connectivity index is 2.00. The fraction of sp³-hybridized carbons (Fsp3) is 0.500. The van der Waals surface area contributed by atoms with Crippen LogP contribution in [0.25, 0.3) is 5.57 Å². The lowest BCUT2D eigenvalue weighted by atomic mass is 10.1. The molecule has 0 saturated heterocycles. The Kier molecular flexibility index (Phi) is 4.79. The zero-order chi connectivity index (χ0) is 13.0. The number of thioether (sulfide) groups is 1. The van der Waals surface area contributed by atoms with Crippen LogP contribution in [-0.2, 0) is 4.74 Å². The van der Waals surface area contributed by atoms with Crippen LogP contribution < -0.4 is 0 Å². The number of ether oxygens (including phenoxy) is 1. The number of carbonyl (C=O) groups excluding carboxylic acids is 1. The molecule has 1 aliphatic rings.